The highest BCUT2D eigenvalue weighted by atomic mass is 32.1. The molecule has 1 aromatic heterocycles. The molecule has 1 fully saturated rings. The topological polar surface area (TPSA) is 110 Å². The zero-order chi connectivity index (χ0) is 22.2. The third kappa shape index (κ3) is 7.04. The fraction of sp³-hybridized carbons (Fsp3) is 0.429. The SMILES string of the molecule is COCCN(CC(=O)Nc1nc(CC(=O)NC2CC2)cs1)C(=O)c1ccc(OC)cc1. The molecule has 1 aliphatic carbocycles. The van der Waals surface area contributed by atoms with E-state index in [0.717, 1.165) is 12.8 Å². The second-order valence-electron chi connectivity index (χ2n) is 7.16. The number of hydrogen-bond donors (Lipinski definition) is 2. The highest BCUT2D eigenvalue weighted by Gasteiger charge is 2.24. The zero-order valence-electron chi connectivity index (χ0n) is 17.6. The number of anilines is 1. The predicted octanol–water partition coefficient (Wildman–Crippen LogP) is 1.70. The van der Waals surface area contributed by atoms with Crippen molar-refractivity contribution >= 4 is 34.2 Å². The van der Waals surface area contributed by atoms with E-state index >= 15 is 0 Å². The summed E-state index contributed by atoms with van der Waals surface area (Å²) in [5, 5.41) is 7.74. The van der Waals surface area contributed by atoms with E-state index in [2.05, 4.69) is 15.6 Å². The summed E-state index contributed by atoms with van der Waals surface area (Å²) in [6.45, 7) is 0.414. The number of methoxy groups -OCH3 is 2. The summed E-state index contributed by atoms with van der Waals surface area (Å²) < 4.78 is 10.2. The van der Waals surface area contributed by atoms with E-state index in [4.69, 9.17) is 9.47 Å². The molecule has 0 unspecified atom stereocenters. The quantitative estimate of drug-likeness (QED) is 0.544. The second-order valence-corrected chi connectivity index (χ2v) is 8.02. The van der Waals surface area contributed by atoms with Gasteiger partial charge in [-0.25, -0.2) is 4.98 Å². The molecule has 31 heavy (non-hydrogen) atoms. The number of carbonyl (C=O) groups is 3. The molecular weight excluding hydrogens is 420 g/mol. The highest BCUT2D eigenvalue weighted by Crippen LogP contribution is 2.20. The lowest BCUT2D eigenvalue weighted by molar-refractivity contribution is -0.120. The van der Waals surface area contributed by atoms with Crippen LogP contribution in [-0.4, -0.2) is 67.6 Å². The van der Waals surface area contributed by atoms with Gasteiger partial charge in [0.05, 0.1) is 25.8 Å². The molecule has 0 aliphatic heterocycles. The van der Waals surface area contributed by atoms with Crippen LogP contribution in [0.4, 0.5) is 5.13 Å². The average molecular weight is 447 g/mol. The molecule has 1 heterocycles. The Morgan fingerprint density at radius 1 is 1.16 bits per heavy atom. The van der Waals surface area contributed by atoms with Crippen molar-refractivity contribution in [2.45, 2.75) is 25.3 Å². The van der Waals surface area contributed by atoms with Gasteiger partial charge in [0.1, 0.15) is 12.3 Å². The van der Waals surface area contributed by atoms with Crippen LogP contribution in [-0.2, 0) is 20.7 Å². The van der Waals surface area contributed by atoms with E-state index in [1.165, 1.54) is 23.3 Å². The summed E-state index contributed by atoms with van der Waals surface area (Å²) in [6.07, 6.45) is 2.23. The lowest BCUT2D eigenvalue weighted by atomic mass is 10.2. The van der Waals surface area contributed by atoms with Gasteiger partial charge in [-0.1, -0.05) is 0 Å². The Labute approximate surface area is 184 Å². The number of ether oxygens (including phenoxy) is 2. The molecule has 1 saturated carbocycles. The van der Waals surface area contributed by atoms with Crippen molar-refractivity contribution in [1.29, 1.82) is 0 Å². The molecule has 2 aromatic rings. The third-order valence-electron chi connectivity index (χ3n) is 4.61. The Bertz CT molecular complexity index is 911. The van der Waals surface area contributed by atoms with Gasteiger partial charge >= 0.3 is 0 Å². The smallest absolute Gasteiger partial charge is 0.254 e. The van der Waals surface area contributed by atoms with Crippen LogP contribution in [0.1, 0.15) is 28.9 Å². The Hall–Kier alpha value is -2.98. The molecule has 0 bridgehead atoms. The third-order valence-corrected chi connectivity index (χ3v) is 5.41. The number of nitrogens with one attached hydrogen (secondary N) is 2. The Kier molecular flexibility index (Phi) is 7.96. The predicted molar refractivity (Wildman–Crippen MR) is 116 cm³/mol. The summed E-state index contributed by atoms with van der Waals surface area (Å²) in [6, 6.07) is 6.99. The molecule has 9 nitrogen and oxygen atoms in total. The average Bonchev–Trinajstić information content (AvgIpc) is 3.47. The fourth-order valence-electron chi connectivity index (χ4n) is 2.82. The minimum Gasteiger partial charge on any atom is -0.497 e. The van der Waals surface area contributed by atoms with Gasteiger partial charge in [0, 0.05) is 30.6 Å². The highest BCUT2D eigenvalue weighted by molar-refractivity contribution is 7.13. The van der Waals surface area contributed by atoms with Crippen molar-refractivity contribution in [3.05, 3.63) is 40.9 Å². The largest absolute Gasteiger partial charge is 0.497 e. The maximum absolute atomic E-state index is 12.8. The molecule has 0 atom stereocenters. The van der Waals surface area contributed by atoms with Crippen molar-refractivity contribution in [1.82, 2.24) is 15.2 Å². The van der Waals surface area contributed by atoms with E-state index in [-0.39, 0.29) is 37.2 Å². The summed E-state index contributed by atoms with van der Waals surface area (Å²) in [4.78, 5) is 43.0. The molecule has 10 heteroatoms. The molecule has 0 radical (unpaired) electrons. The van der Waals surface area contributed by atoms with Gasteiger partial charge in [-0.15, -0.1) is 11.3 Å². The van der Waals surface area contributed by atoms with Crippen molar-refractivity contribution in [3.8, 4) is 5.75 Å². The standard InChI is InChI=1S/C21H26N4O5S/c1-29-10-9-25(20(28)14-3-7-17(30-2)8-4-14)12-19(27)24-21-23-16(13-31-21)11-18(26)22-15-5-6-15/h3-4,7-8,13,15H,5-6,9-12H2,1-2H3,(H,22,26)(H,23,24,27). The van der Waals surface area contributed by atoms with E-state index in [0.29, 0.717) is 34.8 Å². The zero-order valence-corrected chi connectivity index (χ0v) is 18.4. The van der Waals surface area contributed by atoms with E-state index in [1.54, 1.807) is 36.8 Å². The molecule has 3 amide bonds. The van der Waals surface area contributed by atoms with Crippen LogP contribution < -0.4 is 15.4 Å². The first-order valence-corrected chi connectivity index (χ1v) is 10.8. The molecule has 166 valence electrons. The summed E-state index contributed by atoms with van der Waals surface area (Å²) in [5.74, 6) is -0.0858. The van der Waals surface area contributed by atoms with Crippen LogP contribution in [0.2, 0.25) is 0 Å². The van der Waals surface area contributed by atoms with Crippen LogP contribution in [0.5, 0.6) is 5.75 Å². The van der Waals surface area contributed by atoms with Crippen molar-refractivity contribution in [2.75, 3.05) is 39.2 Å². The first kappa shape index (κ1) is 22.7. The molecule has 3 rings (SSSR count). The van der Waals surface area contributed by atoms with Gasteiger partial charge in [-0.3, -0.25) is 14.4 Å². The van der Waals surface area contributed by atoms with E-state index in [9.17, 15) is 14.4 Å². The number of aromatic nitrogens is 1. The minimum atomic E-state index is -0.374. The van der Waals surface area contributed by atoms with Crippen LogP contribution in [0.25, 0.3) is 0 Å². The second kappa shape index (κ2) is 10.9. The lowest BCUT2D eigenvalue weighted by Gasteiger charge is -2.21. The van der Waals surface area contributed by atoms with Gasteiger partial charge in [0.25, 0.3) is 5.91 Å². The number of hydrogen-bond acceptors (Lipinski definition) is 7. The van der Waals surface area contributed by atoms with Crippen molar-refractivity contribution in [3.63, 3.8) is 0 Å². The van der Waals surface area contributed by atoms with E-state index < -0.39 is 0 Å². The number of carbonyl (C=O) groups excluding carboxylic acids is 3. The van der Waals surface area contributed by atoms with Crippen LogP contribution in [0.15, 0.2) is 29.6 Å². The van der Waals surface area contributed by atoms with E-state index in [1.807, 2.05) is 0 Å². The van der Waals surface area contributed by atoms with Crippen LogP contribution in [0.3, 0.4) is 0 Å². The van der Waals surface area contributed by atoms with Gasteiger partial charge in [-0.05, 0) is 37.1 Å². The molecule has 0 saturated heterocycles. The molecule has 2 N–H and O–H groups in total. The Balaban J connectivity index is 1.57. The summed E-state index contributed by atoms with van der Waals surface area (Å²) >= 11 is 1.24. The van der Waals surface area contributed by atoms with Gasteiger partial charge in [-0.2, -0.15) is 0 Å². The number of benzene rings is 1. The number of nitrogens with zero attached hydrogens (tertiary/aromatic N) is 2. The minimum absolute atomic E-state index is 0.0681. The maximum Gasteiger partial charge on any atom is 0.254 e. The molecule has 1 aromatic carbocycles. The fourth-order valence-corrected chi connectivity index (χ4v) is 3.55. The maximum atomic E-state index is 12.8. The van der Waals surface area contributed by atoms with Crippen LogP contribution >= 0.6 is 11.3 Å². The lowest BCUT2D eigenvalue weighted by Crippen LogP contribution is -2.40. The summed E-state index contributed by atoms with van der Waals surface area (Å²) in [7, 11) is 3.09. The normalized spacial score (nSPS) is 12.8. The number of thiazole rings is 1. The Morgan fingerprint density at radius 2 is 1.90 bits per heavy atom. The first-order chi connectivity index (χ1) is 15.0. The van der Waals surface area contributed by atoms with Gasteiger partial charge < -0.3 is 25.0 Å². The summed E-state index contributed by atoms with van der Waals surface area (Å²) in [5.41, 5.74) is 1.05. The molecular formula is C21H26N4O5S. The van der Waals surface area contributed by atoms with Crippen LogP contribution in [0, 0.1) is 0 Å². The molecule has 0 spiro atoms. The number of amides is 3. The van der Waals surface area contributed by atoms with Crippen molar-refractivity contribution < 1.29 is 23.9 Å². The number of rotatable bonds is 11. The van der Waals surface area contributed by atoms with Gasteiger partial charge in [0.15, 0.2) is 5.13 Å². The van der Waals surface area contributed by atoms with Crippen molar-refractivity contribution in [2.24, 2.45) is 0 Å². The van der Waals surface area contributed by atoms with Gasteiger partial charge in [0.2, 0.25) is 11.8 Å². The molecule has 1 aliphatic rings. The Morgan fingerprint density at radius 3 is 2.55 bits per heavy atom. The monoisotopic (exact) mass is 446 g/mol. The first-order valence-electron chi connectivity index (χ1n) is 9.94.